The second-order valence-corrected chi connectivity index (χ2v) is 3.55. The molecule has 0 spiro atoms. The van der Waals surface area contributed by atoms with Crippen LogP contribution in [0.5, 0.6) is 0 Å². The van der Waals surface area contributed by atoms with Crippen LogP contribution in [-0.2, 0) is 23.7 Å². The van der Waals surface area contributed by atoms with E-state index >= 15 is 0 Å². The fourth-order valence-electron chi connectivity index (χ4n) is 1.11. The second kappa shape index (κ2) is 6.49. The molecule has 0 rings (SSSR count). The van der Waals surface area contributed by atoms with Gasteiger partial charge in [-0.25, -0.2) is 19.2 Å². The van der Waals surface area contributed by atoms with Gasteiger partial charge in [0, 0.05) is 13.8 Å². The van der Waals surface area contributed by atoms with Crippen LogP contribution < -0.4 is 0 Å². The summed E-state index contributed by atoms with van der Waals surface area (Å²) in [5, 5.41) is 25.8. The molecule has 0 aromatic rings. The van der Waals surface area contributed by atoms with Crippen LogP contribution >= 0.6 is 0 Å². The van der Waals surface area contributed by atoms with Crippen LogP contribution in [0, 0.1) is 0 Å². The Bertz CT molecular complexity index is 426. The molecule has 0 aliphatic rings. The van der Waals surface area contributed by atoms with Crippen LogP contribution in [0.25, 0.3) is 0 Å². The molecule has 0 fully saturated rings. The Morgan fingerprint density at radius 3 is 1.24 bits per heavy atom. The number of carbonyl (C=O) groups is 4. The molecule has 12 heteroatoms. The van der Waals surface area contributed by atoms with Crippen LogP contribution in [-0.4, -0.2) is 58.6 Å². The molecule has 1 unspecified atom stereocenters. The minimum atomic E-state index is -2.86. The monoisotopic (exact) mass is 312 g/mol. The van der Waals surface area contributed by atoms with Crippen molar-refractivity contribution < 1.29 is 58.2 Å². The van der Waals surface area contributed by atoms with Gasteiger partial charge in [0.25, 0.3) is 0 Å². The first kappa shape index (κ1) is 18.1. The van der Waals surface area contributed by atoms with Crippen molar-refractivity contribution in [1.82, 2.24) is 0 Å². The topological polar surface area (TPSA) is 175 Å². The first-order valence-electron chi connectivity index (χ1n) is 4.98. The van der Waals surface area contributed by atoms with E-state index in [-0.39, 0.29) is 0 Å². The predicted molar refractivity (Wildman–Crippen MR) is 57.6 cm³/mol. The van der Waals surface area contributed by atoms with Crippen LogP contribution in [0.2, 0.25) is 0 Å². The van der Waals surface area contributed by atoms with Crippen molar-refractivity contribution in [1.29, 1.82) is 0 Å². The van der Waals surface area contributed by atoms with Crippen LogP contribution in [0.15, 0.2) is 0 Å². The van der Waals surface area contributed by atoms with Crippen molar-refractivity contribution in [3.05, 3.63) is 0 Å². The summed E-state index contributed by atoms with van der Waals surface area (Å²) in [6, 6.07) is 0. The van der Waals surface area contributed by atoms with E-state index in [4.69, 9.17) is 15.3 Å². The minimum absolute atomic E-state index is 0.668. The zero-order chi connectivity index (χ0) is 16.8. The molecule has 0 bridgehead atoms. The van der Waals surface area contributed by atoms with Gasteiger partial charge < -0.3 is 39.0 Å². The summed E-state index contributed by atoms with van der Waals surface area (Å²) >= 11 is 0. The van der Waals surface area contributed by atoms with Crippen LogP contribution in [0.1, 0.15) is 13.8 Å². The fourth-order valence-corrected chi connectivity index (χ4v) is 1.11. The summed E-state index contributed by atoms with van der Waals surface area (Å²) in [4.78, 5) is 43.0. The number of rotatable bonds is 5. The first-order chi connectivity index (χ1) is 9.45. The maximum absolute atomic E-state index is 11.1. The lowest BCUT2D eigenvalue weighted by atomic mass is 10.1. The molecule has 0 aliphatic carbocycles. The number of hydrogen-bond acceptors (Lipinski definition) is 9. The lowest BCUT2D eigenvalue weighted by Crippen LogP contribution is -2.60. The van der Waals surface area contributed by atoms with E-state index in [9.17, 15) is 19.2 Å². The average molecular weight is 312 g/mol. The Hall–Kier alpha value is -2.92. The third-order valence-corrected chi connectivity index (χ3v) is 2.12. The van der Waals surface area contributed by atoms with E-state index in [1.165, 1.54) is 0 Å². The zero-order valence-electron chi connectivity index (χ0n) is 11.0. The molecule has 0 saturated carbocycles. The average Bonchev–Trinajstić information content (AvgIpc) is 2.24. The van der Waals surface area contributed by atoms with Gasteiger partial charge in [-0.2, -0.15) is 0 Å². The molecule has 3 N–H and O–H groups in total. The van der Waals surface area contributed by atoms with E-state index in [2.05, 4.69) is 23.7 Å². The molecule has 0 aromatic heterocycles. The largest absolute Gasteiger partial charge is 0.511 e. The van der Waals surface area contributed by atoms with Gasteiger partial charge in [0.2, 0.25) is 0 Å². The SMILES string of the molecule is COC(=O)OC(C)(OC(=O)O)C(C)(OC(=O)O)OC(=O)O. The maximum Gasteiger partial charge on any atom is 0.511 e. The summed E-state index contributed by atoms with van der Waals surface area (Å²) in [6.07, 6.45) is -7.64. The standard InChI is InChI=1S/C9H12O12/c1-8(18-4(10)11,19-5(12)13)9(2,20-6(14)15)21-7(16)17-3/h1-3H3,(H,10,11)(H,12,13)(H,14,15). The van der Waals surface area contributed by atoms with E-state index in [0.717, 1.165) is 7.11 Å². The molecule has 120 valence electrons. The molecule has 1 atom stereocenters. The van der Waals surface area contributed by atoms with Crippen molar-refractivity contribution in [2.45, 2.75) is 25.4 Å². The smallest absolute Gasteiger partial charge is 0.450 e. The summed E-state index contributed by atoms with van der Waals surface area (Å²) in [7, 11) is 0.858. The molecule has 0 aliphatic heterocycles. The van der Waals surface area contributed by atoms with Crippen LogP contribution in [0.4, 0.5) is 19.2 Å². The third kappa shape index (κ3) is 4.93. The fraction of sp³-hybridized carbons (Fsp3) is 0.556. The highest BCUT2D eigenvalue weighted by molar-refractivity contribution is 5.64. The molecule has 0 saturated heterocycles. The van der Waals surface area contributed by atoms with Gasteiger partial charge in [-0.1, -0.05) is 0 Å². The Morgan fingerprint density at radius 2 is 1.00 bits per heavy atom. The van der Waals surface area contributed by atoms with E-state index < -0.39 is 36.2 Å². The summed E-state index contributed by atoms with van der Waals surface area (Å²) in [6.45, 7) is 1.37. The Balaban J connectivity index is 5.74. The van der Waals surface area contributed by atoms with Crippen molar-refractivity contribution in [2.75, 3.05) is 7.11 Å². The highest BCUT2D eigenvalue weighted by Crippen LogP contribution is 2.33. The van der Waals surface area contributed by atoms with E-state index in [1.807, 2.05) is 0 Å². The van der Waals surface area contributed by atoms with Crippen LogP contribution in [0.3, 0.4) is 0 Å². The van der Waals surface area contributed by atoms with Crippen molar-refractivity contribution in [3.63, 3.8) is 0 Å². The van der Waals surface area contributed by atoms with Gasteiger partial charge in [-0.05, 0) is 0 Å². The molecular formula is C9H12O12. The number of ether oxygens (including phenoxy) is 5. The van der Waals surface area contributed by atoms with Crippen molar-refractivity contribution >= 4 is 24.6 Å². The molecule has 21 heavy (non-hydrogen) atoms. The lowest BCUT2D eigenvalue weighted by Gasteiger charge is -2.38. The number of carbonyl (C=O) groups excluding carboxylic acids is 1. The third-order valence-electron chi connectivity index (χ3n) is 2.12. The van der Waals surface area contributed by atoms with Gasteiger partial charge in [0.05, 0.1) is 7.11 Å². The molecule has 0 radical (unpaired) electrons. The second-order valence-electron chi connectivity index (χ2n) is 3.55. The first-order valence-corrected chi connectivity index (χ1v) is 4.98. The van der Waals surface area contributed by atoms with Crippen molar-refractivity contribution in [2.24, 2.45) is 0 Å². The minimum Gasteiger partial charge on any atom is -0.450 e. The normalized spacial score (nSPS) is 13.3. The Morgan fingerprint density at radius 1 is 0.714 bits per heavy atom. The summed E-state index contributed by atoms with van der Waals surface area (Å²) in [5.41, 5.74) is 0. The highest BCUT2D eigenvalue weighted by atomic mass is 16.9. The van der Waals surface area contributed by atoms with Gasteiger partial charge >= 0.3 is 36.2 Å². The summed E-state index contributed by atoms with van der Waals surface area (Å²) in [5.74, 6) is -5.68. The quantitative estimate of drug-likeness (QED) is 0.377. The van der Waals surface area contributed by atoms with E-state index in [0.29, 0.717) is 13.8 Å². The molecule has 12 nitrogen and oxygen atoms in total. The summed E-state index contributed by atoms with van der Waals surface area (Å²) < 4.78 is 21.0. The van der Waals surface area contributed by atoms with Crippen molar-refractivity contribution in [3.8, 4) is 0 Å². The van der Waals surface area contributed by atoms with Gasteiger partial charge in [-0.3, -0.25) is 0 Å². The predicted octanol–water partition coefficient (Wildman–Crippen LogP) is 1.29. The van der Waals surface area contributed by atoms with Gasteiger partial charge in [0.1, 0.15) is 0 Å². The zero-order valence-corrected chi connectivity index (χ0v) is 11.0. The highest BCUT2D eigenvalue weighted by Gasteiger charge is 2.59. The van der Waals surface area contributed by atoms with E-state index in [1.54, 1.807) is 0 Å². The number of hydrogen-bond donors (Lipinski definition) is 3. The van der Waals surface area contributed by atoms with Gasteiger partial charge in [-0.15, -0.1) is 0 Å². The van der Waals surface area contributed by atoms with Gasteiger partial charge in [0.15, 0.2) is 0 Å². The molecular weight excluding hydrogens is 300 g/mol. The molecule has 0 heterocycles. The molecule has 0 aromatic carbocycles. The Labute approximate surface area is 116 Å². The lowest BCUT2D eigenvalue weighted by molar-refractivity contribution is -0.340. The molecule has 0 amide bonds. The number of methoxy groups -OCH3 is 1. The maximum atomic E-state index is 11.1. The Kier molecular flexibility index (Phi) is 5.59. The number of carboxylic acid groups (broad SMARTS) is 3.